The van der Waals surface area contributed by atoms with Crippen molar-refractivity contribution in [2.24, 2.45) is 0 Å². The number of carboxylic acids is 1. The molecule has 2 N–H and O–H groups in total. The number of aliphatic carboxylic acids is 1. The average Bonchev–Trinajstić information content (AvgIpc) is 3.34. The molecule has 0 aromatic heterocycles. The van der Waals surface area contributed by atoms with Crippen molar-refractivity contribution < 1.29 is 33.0 Å². The van der Waals surface area contributed by atoms with E-state index >= 15 is 0 Å². The van der Waals surface area contributed by atoms with E-state index in [2.05, 4.69) is 12.6 Å². The van der Waals surface area contributed by atoms with Gasteiger partial charge in [-0.3, -0.25) is 9.59 Å². The number of carboxylic acid groups (broad SMARTS) is 1. The fraction of sp³-hybridized carbons (Fsp3) is 0.423. The molecule has 206 valence electrons. The van der Waals surface area contributed by atoms with Crippen molar-refractivity contribution in [1.29, 1.82) is 0 Å². The molecular formula is C26H32N2O7S3. The zero-order chi connectivity index (χ0) is 28.0. The molecule has 3 rings (SSSR count). The molecule has 0 aliphatic carbocycles. The molecule has 0 saturated carbocycles. The summed E-state index contributed by atoms with van der Waals surface area (Å²) in [5.74, 6) is -2.17. The lowest BCUT2D eigenvalue weighted by atomic mass is 10.0. The summed E-state index contributed by atoms with van der Waals surface area (Å²) in [4.78, 5) is 39.4. The zero-order valence-corrected chi connectivity index (χ0v) is 23.7. The van der Waals surface area contributed by atoms with E-state index in [0.29, 0.717) is 31.5 Å². The molecule has 1 fully saturated rings. The molecule has 3 unspecified atom stereocenters. The molecule has 2 aromatic rings. The van der Waals surface area contributed by atoms with E-state index in [1.54, 1.807) is 18.2 Å². The molecule has 9 nitrogen and oxygen atoms in total. The predicted octanol–water partition coefficient (Wildman–Crippen LogP) is 3.80. The Kier molecular flexibility index (Phi) is 10.3. The van der Waals surface area contributed by atoms with Crippen LogP contribution in [0.1, 0.15) is 54.4 Å². The van der Waals surface area contributed by atoms with Crippen molar-refractivity contribution in [1.82, 2.24) is 9.21 Å². The van der Waals surface area contributed by atoms with Gasteiger partial charge in [0, 0.05) is 36.4 Å². The van der Waals surface area contributed by atoms with Gasteiger partial charge in [0.2, 0.25) is 15.9 Å². The number of thiol groups is 1. The van der Waals surface area contributed by atoms with E-state index in [1.807, 2.05) is 13.8 Å². The van der Waals surface area contributed by atoms with Crippen molar-refractivity contribution in [2.75, 3.05) is 18.8 Å². The Morgan fingerprint density at radius 1 is 1.08 bits per heavy atom. The number of aromatic hydroxyl groups is 1. The summed E-state index contributed by atoms with van der Waals surface area (Å²) in [5, 5.41) is 18.2. The highest BCUT2D eigenvalue weighted by atomic mass is 32.2. The van der Waals surface area contributed by atoms with Crippen LogP contribution in [-0.2, 0) is 19.6 Å². The molecule has 1 aliphatic rings. The number of hydrogen-bond acceptors (Lipinski definition) is 8. The monoisotopic (exact) mass is 580 g/mol. The maximum Gasteiger partial charge on any atom is 0.327 e. The van der Waals surface area contributed by atoms with Crippen molar-refractivity contribution >= 4 is 52.1 Å². The zero-order valence-electron chi connectivity index (χ0n) is 21.2. The second-order valence-corrected chi connectivity index (χ2v) is 12.6. The van der Waals surface area contributed by atoms with Gasteiger partial charge in [-0.2, -0.15) is 16.9 Å². The van der Waals surface area contributed by atoms with Crippen molar-refractivity contribution in [2.45, 2.75) is 54.7 Å². The van der Waals surface area contributed by atoms with Crippen LogP contribution in [0.15, 0.2) is 53.4 Å². The summed E-state index contributed by atoms with van der Waals surface area (Å²) in [6, 6.07) is 10.8. The number of benzene rings is 2. The van der Waals surface area contributed by atoms with Gasteiger partial charge in [0.15, 0.2) is 5.78 Å². The first kappa shape index (κ1) is 30.0. The molecule has 3 atom stereocenters. The number of carbonyl (C=O) groups is 3. The quantitative estimate of drug-likeness (QED) is 0.255. The number of phenolic OH excluding ortho intramolecular Hbond substituents is 1. The lowest BCUT2D eigenvalue weighted by Crippen LogP contribution is -2.44. The van der Waals surface area contributed by atoms with Crippen molar-refractivity contribution in [3.05, 3.63) is 59.7 Å². The normalized spacial score (nSPS) is 18.5. The molecule has 0 bridgehead atoms. The van der Waals surface area contributed by atoms with Gasteiger partial charge < -0.3 is 15.1 Å². The molecule has 1 saturated heterocycles. The van der Waals surface area contributed by atoms with Gasteiger partial charge in [-0.15, -0.1) is 11.8 Å². The van der Waals surface area contributed by atoms with Gasteiger partial charge in [-0.25, -0.2) is 13.2 Å². The fourth-order valence-electron chi connectivity index (χ4n) is 4.28. The maximum atomic E-state index is 13.3. The minimum Gasteiger partial charge on any atom is -0.508 e. The Labute approximate surface area is 232 Å². The van der Waals surface area contributed by atoms with Crippen molar-refractivity contribution in [3.63, 3.8) is 0 Å². The number of thioether (sulfide) groups is 1. The average molecular weight is 581 g/mol. The van der Waals surface area contributed by atoms with Crippen LogP contribution in [-0.4, -0.2) is 75.6 Å². The molecule has 0 radical (unpaired) electrons. The Morgan fingerprint density at radius 2 is 1.68 bits per heavy atom. The SMILES string of the molecule is CCCN(CCC)S(=O)(=O)c1ccc(C(=O)C(S)CC(=O)N2C(C(=O)O)CSC2c2ccccc2O)cc1. The number of nitrogens with zero attached hydrogens (tertiary/aromatic N) is 2. The van der Waals surface area contributed by atoms with E-state index in [-0.39, 0.29) is 28.4 Å². The molecule has 1 amide bonds. The van der Waals surface area contributed by atoms with Crippen LogP contribution in [0.5, 0.6) is 5.75 Å². The van der Waals surface area contributed by atoms with Crippen LogP contribution in [0.3, 0.4) is 0 Å². The molecule has 2 aromatic carbocycles. The fourth-order valence-corrected chi connectivity index (χ4v) is 7.69. The minimum atomic E-state index is -3.70. The summed E-state index contributed by atoms with van der Waals surface area (Å²) in [5.41, 5.74) is 0.603. The first-order chi connectivity index (χ1) is 18.0. The highest BCUT2D eigenvalue weighted by molar-refractivity contribution is 7.99. The maximum absolute atomic E-state index is 13.3. The van der Waals surface area contributed by atoms with Gasteiger partial charge in [0.05, 0.1) is 10.1 Å². The summed E-state index contributed by atoms with van der Waals surface area (Å²) in [6.07, 6.45) is 0.986. The third kappa shape index (κ3) is 6.53. The van der Waals surface area contributed by atoms with E-state index in [1.165, 1.54) is 51.3 Å². The number of Topliss-reactive ketones (excluding diaryl/α,β-unsaturated/α-hetero) is 1. The Bertz CT molecular complexity index is 1260. The van der Waals surface area contributed by atoms with Gasteiger partial charge in [-0.05, 0) is 31.0 Å². The number of phenols is 1. The van der Waals surface area contributed by atoms with E-state index < -0.39 is 44.3 Å². The topological polar surface area (TPSA) is 132 Å². The Hall–Kier alpha value is -2.54. The predicted molar refractivity (Wildman–Crippen MR) is 149 cm³/mol. The molecule has 0 spiro atoms. The summed E-state index contributed by atoms with van der Waals surface area (Å²) in [7, 11) is -3.70. The summed E-state index contributed by atoms with van der Waals surface area (Å²) in [6.45, 7) is 4.59. The van der Waals surface area contributed by atoms with Gasteiger partial charge in [0.25, 0.3) is 0 Å². The van der Waals surface area contributed by atoms with E-state index in [0.717, 1.165) is 0 Å². The molecule has 38 heavy (non-hydrogen) atoms. The highest BCUT2D eigenvalue weighted by Gasteiger charge is 2.43. The van der Waals surface area contributed by atoms with Crippen LogP contribution in [0, 0.1) is 0 Å². The Morgan fingerprint density at radius 3 is 2.24 bits per heavy atom. The van der Waals surface area contributed by atoms with Gasteiger partial charge >= 0.3 is 5.97 Å². The number of sulfonamides is 1. The summed E-state index contributed by atoms with van der Waals surface area (Å²) >= 11 is 5.55. The van der Waals surface area contributed by atoms with Gasteiger partial charge in [0.1, 0.15) is 17.2 Å². The standard InChI is InChI=1S/C26H32N2O7S3/c1-3-13-27(14-4-2)38(34,35)18-11-9-17(10-12-18)24(31)22(36)15-23(30)28-20(26(32)33)16-37-25(28)19-7-5-6-8-21(19)29/h5-12,20,22,25,29,36H,3-4,13-16H2,1-2H3,(H,32,33). The van der Waals surface area contributed by atoms with Crippen molar-refractivity contribution in [3.8, 4) is 5.75 Å². The highest BCUT2D eigenvalue weighted by Crippen LogP contribution is 2.44. The van der Waals surface area contributed by atoms with Crippen LogP contribution in [0.2, 0.25) is 0 Å². The number of amides is 1. The molecule has 12 heteroatoms. The first-order valence-electron chi connectivity index (χ1n) is 12.3. The molecular weight excluding hydrogens is 548 g/mol. The third-order valence-electron chi connectivity index (χ3n) is 6.17. The lowest BCUT2D eigenvalue weighted by Gasteiger charge is -2.28. The Balaban J connectivity index is 1.77. The second kappa shape index (κ2) is 13.0. The number of hydrogen-bond donors (Lipinski definition) is 3. The number of para-hydroxylation sites is 1. The first-order valence-corrected chi connectivity index (χ1v) is 15.3. The molecule has 1 heterocycles. The molecule has 1 aliphatic heterocycles. The van der Waals surface area contributed by atoms with Crippen LogP contribution < -0.4 is 0 Å². The minimum absolute atomic E-state index is 0.0566. The number of carbonyl (C=O) groups excluding carboxylic acids is 2. The number of ketones is 1. The van der Waals surface area contributed by atoms with Gasteiger partial charge in [-0.1, -0.05) is 44.2 Å². The number of rotatable bonds is 12. The lowest BCUT2D eigenvalue weighted by molar-refractivity contribution is -0.149. The van der Waals surface area contributed by atoms with Crippen LogP contribution >= 0.6 is 24.4 Å². The largest absolute Gasteiger partial charge is 0.508 e. The summed E-state index contributed by atoms with van der Waals surface area (Å²) < 4.78 is 27.4. The van der Waals surface area contributed by atoms with E-state index in [9.17, 15) is 33.0 Å². The van der Waals surface area contributed by atoms with E-state index in [4.69, 9.17) is 0 Å². The second-order valence-electron chi connectivity index (χ2n) is 8.91. The van der Waals surface area contributed by atoms with Crippen LogP contribution in [0.25, 0.3) is 0 Å². The van der Waals surface area contributed by atoms with Crippen LogP contribution in [0.4, 0.5) is 0 Å². The smallest absolute Gasteiger partial charge is 0.327 e. The third-order valence-corrected chi connectivity index (χ3v) is 9.80.